The molecule has 1 rings (SSSR count). The van der Waals surface area contributed by atoms with Crippen LogP contribution < -0.4 is 0 Å². The van der Waals surface area contributed by atoms with Crippen molar-refractivity contribution in [2.75, 3.05) is 0 Å². The second-order valence-corrected chi connectivity index (χ2v) is 5.80. The Bertz CT molecular complexity index is 270. The van der Waals surface area contributed by atoms with Crippen molar-refractivity contribution in [1.82, 2.24) is 0 Å². The molecule has 104 valence electrons. The van der Waals surface area contributed by atoms with Crippen molar-refractivity contribution in [1.29, 1.82) is 0 Å². The van der Waals surface area contributed by atoms with E-state index in [1.807, 2.05) is 6.92 Å². The van der Waals surface area contributed by atoms with Crippen LogP contribution in [-0.4, -0.2) is 11.6 Å². The Kier molecular flexibility index (Phi) is 7.22. The Morgan fingerprint density at radius 2 is 1.89 bits per heavy atom. The van der Waals surface area contributed by atoms with Crippen molar-refractivity contribution in [2.45, 2.75) is 78.1 Å². The highest BCUT2D eigenvalue weighted by molar-refractivity contribution is 5.83. The summed E-state index contributed by atoms with van der Waals surface area (Å²) < 4.78 is 0. The monoisotopic (exact) mass is 252 g/mol. The van der Waals surface area contributed by atoms with Gasteiger partial charge in [-0.25, -0.2) is 0 Å². The summed E-state index contributed by atoms with van der Waals surface area (Å²) in [6.07, 6.45) is 10.2. The fourth-order valence-corrected chi connectivity index (χ4v) is 2.86. The molecule has 1 unspecified atom stereocenters. The van der Waals surface area contributed by atoms with Crippen LogP contribution in [0, 0.1) is 11.8 Å². The van der Waals surface area contributed by atoms with Crippen LogP contribution in [0.3, 0.4) is 0 Å². The molecule has 18 heavy (non-hydrogen) atoms. The lowest BCUT2D eigenvalue weighted by Gasteiger charge is -2.12. The van der Waals surface area contributed by atoms with Crippen LogP contribution in [0.25, 0.3) is 0 Å². The molecule has 1 saturated carbocycles. The van der Waals surface area contributed by atoms with Gasteiger partial charge in [0.25, 0.3) is 0 Å². The molecule has 0 radical (unpaired) electrons. The lowest BCUT2D eigenvalue weighted by Crippen LogP contribution is -2.12. The molecule has 0 spiro atoms. The summed E-state index contributed by atoms with van der Waals surface area (Å²) in [7, 11) is 0. The number of hydrogen-bond acceptors (Lipinski definition) is 2. The molecule has 0 N–H and O–H groups in total. The topological polar surface area (TPSA) is 34.1 Å². The van der Waals surface area contributed by atoms with Gasteiger partial charge in [0, 0.05) is 25.2 Å². The van der Waals surface area contributed by atoms with Crippen LogP contribution in [0.15, 0.2) is 0 Å². The molecule has 0 saturated heterocycles. The smallest absolute Gasteiger partial charge is 0.135 e. The van der Waals surface area contributed by atoms with E-state index in [1.54, 1.807) is 0 Å². The van der Waals surface area contributed by atoms with Crippen molar-refractivity contribution in [2.24, 2.45) is 11.8 Å². The Balaban J connectivity index is 2.05. The Labute approximate surface area is 112 Å². The van der Waals surface area contributed by atoms with Gasteiger partial charge in [-0.2, -0.15) is 0 Å². The van der Waals surface area contributed by atoms with E-state index in [0.717, 1.165) is 32.1 Å². The minimum absolute atomic E-state index is 0.197. The standard InChI is InChI=1S/C16H28O2/c1-3-4-5-6-7-8-15(17)11-9-14-10-12-16(18)13(14)2/h13-14H,3-12H2,1-2H3/t13?,14-/m0/s1. The highest BCUT2D eigenvalue weighted by Gasteiger charge is 2.30. The summed E-state index contributed by atoms with van der Waals surface area (Å²) in [6, 6.07) is 0. The minimum Gasteiger partial charge on any atom is -0.300 e. The molecule has 0 aliphatic heterocycles. The molecule has 0 heterocycles. The predicted octanol–water partition coefficient (Wildman–Crippen LogP) is 4.31. The van der Waals surface area contributed by atoms with E-state index in [9.17, 15) is 9.59 Å². The molecule has 2 nitrogen and oxygen atoms in total. The molecule has 0 aromatic carbocycles. The number of unbranched alkanes of at least 4 members (excludes halogenated alkanes) is 4. The number of rotatable bonds is 9. The summed E-state index contributed by atoms with van der Waals surface area (Å²) in [5.74, 6) is 1.47. The van der Waals surface area contributed by atoms with E-state index in [2.05, 4.69) is 6.92 Å². The molecule has 0 aromatic rings. The van der Waals surface area contributed by atoms with Crippen molar-refractivity contribution in [3.05, 3.63) is 0 Å². The third-order valence-corrected chi connectivity index (χ3v) is 4.33. The maximum atomic E-state index is 11.7. The maximum absolute atomic E-state index is 11.7. The van der Waals surface area contributed by atoms with E-state index in [0.29, 0.717) is 23.9 Å². The third-order valence-electron chi connectivity index (χ3n) is 4.33. The average molecular weight is 252 g/mol. The van der Waals surface area contributed by atoms with Gasteiger partial charge < -0.3 is 0 Å². The normalized spacial score (nSPS) is 23.6. The molecule has 0 aromatic heterocycles. The first-order chi connectivity index (χ1) is 8.65. The van der Waals surface area contributed by atoms with E-state index in [4.69, 9.17) is 0 Å². The highest BCUT2D eigenvalue weighted by Crippen LogP contribution is 2.32. The molecule has 2 atom stereocenters. The third kappa shape index (κ3) is 5.32. The van der Waals surface area contributed by atoms with Crippen molar-refractivity contribution >= 4 is 11.6 Å². The maximum Gasteiger partial charge on any atom is 0.135 e. The van der Waals surface area contributed by atoms with Gasteiger partial charge in [0.2, 0.25) is 0 Å². The molecular weight excluding hydrogens is 224 g/mol. The fourth-order valence-electron chi connectivity index (χ4n) is 2.86. The Morgan fingerprint density at radius 3 is 2.50 bits per heavy atom. The number of ketones is 2. The summed E-state index contributed by atoms with van der Waals surface area (Å²) in [5, 5.41) is 0. The first kappa shape index (κ1) is 15.4. The summed E-state index contributed by atoms with van der Waals surface area (Å²) >= 11 is 0. The zero-order chi connectivity index (χ0) is 13.4. The van der Waals surface area contributed by atoms with Gasteiger partial charge in [0.1, 0.15) is 11.6 Å². The number of carbonyl (C=O) groups excluding carboxylic acids is 2. The average Bonchev–Trinajstić information content (AvgIpc) is 2.67. The Morgan fingerprint density at radius 1 is 1.17 bits per heavy atom. The van der Waals surface area contributed by atoms with Crippen molar-refractivity contribution in [3.8, 4) is 0 Å². The van der Waals surface area contributed by atoms with Crippen molar-refractivity contribution < 1.29 is 9.59 Å². The van der Waals surface area contributed by atoms with Crippen molar-refractivity contribution in [3.63, 3.8) is 0 Å². The number of Topliss-reactive ketones (excluding diaryl/α,β-unsaturated/α-hetero) is 2. The molecule has 2 heteroatoms. The Hall–Kier alpha value is -0.660. The van der Waals surface area contributed by atoms with E-state index in [1.165, 1.54) is 25.7 Å². The largest absolute Gasteiger partial charge is 0.300 e. The minimum atomic E-state index is 0.197. The van der Waals surface area contributed by atoms with E-state index < -0.39 is 0 Å². The van der Waals surface area contributed by atoms with Crippen LogP contribution in [0.2, 0.25) is 0 Å². The highest BCUT2D eigenvalue weighted by atomic mass is 16.1. The number of carbonyl (C=O) groups is 2. The second-order valence-electron chi connectivity index (χ2n) is 5.80. The molecule has 1 aliphatic rings. The number of hydrogen-bond donors (Lipinski definition) is 0. The van der Waals surface area contributed by atoms with Crippen LogP contribution in [0.4, 0.5) is 0 Å². The molecule has 1 aliphatic carbocycles. The molecule has 0 amide bonds. The van der Waals surface area contributed by atoms with Gasteiger partial charge in [-0.3, -0.25) is 9.59 Å². The summed E-state index contributed by atoms with van der Waals surface area (Å²) in [4.78, 5) is 23.2. The fraction of sp³-hybridized carbons (Fsp3) is 0.875. The van der Waals surface area contributed by atoms with Crippen LogP contribution in [0.1, 0.15) is 78.1 Å². The van der Waals surface area contributed by atoms with Gasteiger partial charge in [0.15, 0.2) is 0 Å². The SMILES string of the molecule is CCCCCCCC(=O)CC[C@H]1CCC(=O)C1C. The van der Waals surface area contributed by atoms with E-state index >= 15 is 0 Å². The molecule has 1 fully saturated rings. The lowest BCUT2D eigenvalue weighted by atomic mass is 9.91. The quantitative estimate of drug-likeness (QED) is 0.573. The first-order valence-corrected chi connectivity index (χ1v) is 7.69. The second kappa shape index (κ2) is 8.44. The summed E-state index contributed by atoms with van der Waals surface area (Å²) in [6.45, 7) is 4.23. The first-order valence-electron chi connectivity index (χ1n) is 7.69. The molecule has 0 bridgehead atoms. The zero-order valence-corrected chi connectivity index (χ0v) is 12.0. The predicted molar refractivity (Wildman–Crippen MR) is 74.5 cm³/mol. The van der Waals surface area contributed by atoms with Gasteiger partial charge >= 0.3 is 0 Å². The molecular formula is C16H28O2. The van der Waals surface area contributed by atoms with Gasteiger partial charge in [-0.1, -0.05) is 39.5 Å². The van der Waals surface area contributed by atoms with Crippen LogP contribution >= 0.6 is 0 Å². The van der Waals surface area contributed by atoms with Gasteiger partial charge in [0.05, 0.1) is 0 Å². The summed E-state index contributed by atoms with van der Waals surface area (Å²) in [5.41, 5.74) is 0. The van der Waals surface area contributed by atoms with Gasteiger partial charge in [-0.05, 0) is 25.2 Å². The van der Waals surface area contributed by atoms with Gasteiger partial charge in [-0.15, -0.1) is 0 Å². The zero-order valence-electron chi connectivity index (χ0n) is 12.0. The van der Waals surface area contributed by atoms with E-state index in [-0.39, 0.29) is 5.92 Å². The van der Waals surface area contributed by atoms with Crippen LogP contribution in [0.5, 0.6) is 0 Å². The lowest BCUT2D eigenvalue weighted by molar-refractivity contribution is -0.122. The van der Waals surface area contributed by atoms with Crippen LogP contribution in [-0.2, 0) is 9.59 Å².